The topological polar surface area (TPSA) is 50.6 Å². The molecule has 0 spiro atoms. The lowest BCUT2D eigenvalue weighted by Gasteiger charge is -2.56. The summed E-state index contributed by atoms with van der Waals surface area (Å²) in [4.78, 5) is 22.4. The van der Waals surface area contributed by atoms with Gasteiger partial charge in [0.25, 0.3) is 0 Å². The number of nitrogens with zero attached hydrogens (tertiary/aromatic N) is 4. The summed E-state index contributed by atoms with van der Waals surface area (Å²) in [5.41, 5.74) is 2.56. The number of hydrogen-bond donors (Lipinski definition) is 0. The van der Waals surface area contributed by atoms with E-state index in [1.165, 1.54) is 17.7 Å². The minimum absolute atomic E-state index is 0.278. The molecule has 1 amide bonds. The Hall–Kier alpha value is -2.34. The van der Waals surface area contributed by atoms with E-state index >= 15 is 0 Å². The van der Waals surface area contributed by atoms with Gasteiger partial charge in [-0.3, -0.25) is 9.69 Å². The molecular formula is C25H34N4O2. The fourth-order valence-corrected chi connectivity index (χ4v) is 6.30. The molecule has 5 rings (SSSR count). The summed E-state index contributed by atoms with van der Waals surface area (Å²) in [5, 5.41) is 0. The number of fused-ring (bicyclic) bond motifs is 4. The first kappa shape index (κ1) is 20.6. The molecule has 3 aliphatic rings. The number of piperidine rings is 3. The Balaban J connectivity index is 1.41. The molecule has 1 aromatic carbocycles. The Labute approximate surface area is 185 Å². The first-order valence-corrected chi connectivity index (χ1v) is 11.8. The first-order valence-electron chi connectivity index (χ1n) is 11.8. The Morgan fingerprint density at radius 1 is 1.23 bits per heavy atom. The maximum atomic E-state index is 13.1. The predicted octanol–water partition coefficient (Wildman–Crippen LogP) is 3.36. The first-order chi connectivity index (χ1) is 15.2. The standard InChI is InChI=1S/C25H34N4O2/c1-3-28-17-26-13-21(28)16-27-14-19-12-20(15-27)24(29-23(19)8-5-9-25(29)30)11-18-6-4-7-22(10-18)31-2/h4,6-7,10,13,17,19-20,23-24H,3,5,8-9,11-12,14-16H2,1-2H3/t19-,20+,23+,24+/m1/s1. The molecule has 0 saturated carbocycles. The van der Waals surface area contributed by atoms with Crippen LogP contribution < -0.4 is 4.74 Å². The van der Waals surface area contributed by atoms with Crippen LogP contribution in [0.15, 0.2) is 36.8 Å². The van der Waals surface area contributed by atoms with Crippen LogP contribution in [0.3, 0.4) is 0 Å². The number of ether oxygens (including phenoxy) is 1. The van der Waals surface area contributed by atoms with Gasteiger partial charge in [-0.25, -0.2) is 4.98 Å². The highest BCUT2D eigenvalue weighted by Crippen LogP contribution is 2.43. The van der Waals surface area contributed by atoms with Gasteiger partial charge < -0.3 is 14.2 Å². The molecular weight excluding hydrogens is 388 g/mol. The fourth-order valence-electron chi connectivity index (χ4n) is 6.30. The zero-order chi connectivity index (χ0) is 21.4. The van der Waals surface area contributed by atoms with Crippen molar-refractivity contribution < 1.29 is 9.53 Å². The minimum atomic E-state index is 0.278. The second kappa shape index (κ2) is 8.65. The maximum Gasteiger partial charge on any atom is 0.223 e. The van der Waals surface area contributed by atoms with E-state index < -0.39 is 0 Å². The number of methoxy groups -OCH3 is 1. The largest absolute Gasteiger partial charge is 0.497 e. The highest BCUT2D eigenvalue weighted by molar-refractivity contribution is 5.78. The minimum Gasteiger partial charge on any atom is -0.497 e. The lowest BCUT2D eigenvalue weighted by atomic mass is 9.70. The average molecular weight is 423 g/mol. The van der Waals surface area contributed by atoms with Gasteiger partial charge in [0.05, 0.1) is 19.1 Å². The molecule has 0 N–H and O–H groups in total. The van der Waals surface area contributed by atoms with E-state index in [2.05, 4.69) is 44.5 Å². The van der Waals surface area contributed by atoms with Crippen molar-refractivity contribution in [3.05, 3.63) is 48.0 Å². The number of rotatable bonds is 6. The highest BCUT2D eigenvalue weighted by Gasteiger charge is 2.49. The fraction of sp³-hybridized carbons (Fsp3) is 0.600. The summed E-state index contributed by atoms with van der Waals surface area (Å²) in [6, 6.07) is 9.05. The molecule has 3 aliphatic heterocycles. The molecule has 4 heterocycles. The van der Waals surface area contributed by atoms with Crippen molar-refractivity contribution in [3.8, 4) is 5.75 Å². The van der Waals surface area contributed by atoms with Gasteiger partial charge >= 0.3 is 0 Å². The van der Waals surface area contributed by atoms with Crippen molar-refractivity contribution in [2.45, 2.75) is 64.2 Å². The smallest absolute Gasteiger partial charge is 0.223 e. The van der Waals surface area contributed by atoms with Crippen LogP contribution in [0.1, 0.15) is 43.9 Å². The number of benzene rings is 1. The van der Waals surface area contributed by atoms with Crippen molar-refractivity contribution in [3.63, 3.8) is 0 Å². The van der Waals surface area contributed by atoms with E-state index in [4.69, 9.17) is 4.74 Å². The number of aryl methyl sites for hydroxylation is 1. The number of imidazole rings is 1. The number of hydrogen-bond acceptors (Lipinski definition) is 4. The molecule has 0 aliphatic carbocycles. The molecule has 6 heteroatoms. The zero-order valence-electron chi connectivity index (χ0n) is 18.7. The van der Waals surface area contributed by atoms with Crippen LogP contribution in [-0.4, -0.2) is 57.5 Å². The van der Waals surface area contributed by atoms with Crippen molar-refractivity contribution in [1.82, 2.24) is 19.4 Å². The van der Waals surface area contributed by atoms with Crippen molar-refractivity contribution in [2.24, 2.45) is 11.8 Å². The van der Waals surface area contributed by atoms with E-state index in [1.54, 1.807) is 7.11 Å². The second-order valence-electron chi connectivity index (χ2n) is 9.50. The van der Waals surface area contributed by atoms with Crippen molar-refractivity contribution in [1.29, 1.82) is 0 Å². The predicted molar refractivity (Wildman–Crippen MR) is 120 cm³/mol. The van der Waals surface area contributed by atoms with Crippen LogP contribution >= 0.6 is 0 Å². The van der Waals surface area contributed by atoms with Gasteiger partial charge in [0.2, 0.25) is 5.91 Å². The third kappa shape index (κ3) is 3.98. The summed E-state index contributed by atoms with van der Waals surface area (Å²) in [6.07, 6.45) is 9.01. The molecule has 166 valence electrons. The van der Waals surface area contributed by atoms with Gasteiger partial charge in [0, 0.05) is 50.9 Å². The normalized spacial score (nSPS) is 28.5. The Kier molecular flexibility index (Phi) is 5.74. The maximum absolute atomic E-state index is 13.1. The molecule has 4 atom stereocenters. The number of likely N-dealkylation sites (tertiary alicyclic amines) is 1. The van der Waals surface area contributed by atoms with E-state index in [0.29, 0.717) is 30.2 Å². The van der Waals surface area contributed by atoms with E-state index in [9.17, 15) is 4.79 Å². The van der Waals surface area contributed by atoms with Gasteiger partial charge in [-0.05, 0) is 62.1 Å². The highest BCUT2D eigenvalue weighted by atomic mass is 16.5. The second-order valence-corrected chi connectivity index (χ2v) is 9.50. The van der Waals surface area contributed by atoms with Crippen molar-refractivity contribution in [2.75, 3.05) is 20.2 Å². The number of carbonyl (C=O) groups excluding carboxylic acids is 1. The van der Waals surface area contributed by atoms with Gasteiger partial charge in [-0.1, -0.05) is 12.1 Å². The summed E-state index contributed by atoms with van der Waals surface area (Å²) >= 11 is 0. The van der Waals surface area contributed by atoms with Crippen LogP contribution in [0.4, 0.5) is 0 Å². The summed E-state index contributed by atoms with van der Waals surface area (Å²) in [5.74, 6) is 2.37. The van der Waals surface area contributed by atoms with E-state index in [1.807, 2.05) is 18.6 Å². The monoisotopic (exact) mass is 422 g/mol. The van der Waals surface area contributed by atoms with Crippen LogP contribution in [-0.2, 0) is 24.3 Å². The average Bonchev–Trinajstić information content (AvgIpc) is 3.24. The Bertz CT molecular complexity index is 926. The number of aromatic nitrogens is 2. The Morgan fingerprint density at radius 3 is 2.94 bits per heavy atom. The summed E-state index contributed by atoms with van der Waals surface area (Å²) in [7, 11) is 1.72. The SMILES string of the molecule is CCn1cncc1CN1C[C@H]2C[C@@H](C1)[C@H](Cc1cccc(OC)c1)N1C(=O)CCC[C@@H]21. The molecule has 3 fully saturated rings. The molecule has 2 bridgehead atoms. The van der Waals surface area contributed by atoms with Crippen LogP contribution in [0.2, 0.25) is 0 Å². The third-order valence-corrected chi connectivity index (χ3v) is 7.68. The molecule has 0 radical (unpaired) electrons. The lowest BCUT2D eigenvalue weighted by molar-refractivity contribution is -0.152. The van der Waals surface area contributed by atoms with Gasteiger partial charge in [0.1, 0.15) is 5.75 Å². The molecule has 6 nitrogen and oxygen atoms in total. The van der Waals surface area contributed by atoms with Crippen LogP contribution in [0.25, 0.3) is 0 Å². The van der Waals surface area contributed by atoms with Gasteiger partial charge in [-0.2, -0.15) is 0 Å². The van der Waals surface area contributed by atoms with Crippen molar-refractivity contribution >= 4 is 5.91 Å². The molecule has 1 aromatic heterocycles. The lowest BCUT2D eigenvalue weighted by Crippen LogP contribution is -2.65. The molecule has 0 unspecified atom stereocenters. The van der Waals surface area contributed by atoms with Gasteiger partial charge in [-0.15, -0.1) is 0 Å². The molecule has 3 saturated heterocycles. The zero-order valence-corrected chi connectivity index (χ0v) is 18.7. The summed E-state index contributed by atoms with van der Waals surface area (Å²) in [6.45, 7) is 6.22. The number of amides is 1. The van der Waals surface area contributed by atoms with E-state index in [0.717, 1.165) is 51.2 Å². The summed E-state index contributed by atoms with van der Waals surface area (Å²) < 4.78 is 7.70. The van der Waals surface area contributed by atoms with Crippen LogP contribution in [0, 0.1) is 11.8 Å². The molecule has 2 aromatic rings. The quantitative estimate of drug-likeness (QED) is 0.716. The van der Waals surface area contributed by atoms with Gasteiger partial charge in [0.15, 0.2) is 0 Å². The number of carbonyl (C=O) groups is 1. The molecule has 31 heavy (non-hydrogen) atoms. The van der Waals surface area contributed by atoms with E-state index in [-0.39, 0.29) is 6.04 Å². The van der Waals surface area contributed by atoms with Crippen LogP contribution in [0.5, 0.6) is 5.75 Å². The third-order valence-electron chi connectivity index (χ3n) is 7.68. The Morgan fingerprint density at radius 2 is 2.10 bits per heavy atom.